The molecule has 0 radical (unpaired) electrons. The third-order valence-corrected chi connectivity index (χ3v) is 1.98. The molecule has 1 aromatic rings. The zero-order valence-corrected chi connectivity index (χ0v) is 9.77. The highest BCUT2D eigenvalue weighted by atomic mass is 16.2. The number of amides is 2. The Morgan fingerprint density at radius 3 is 3.00 bits per heavy atom. The Kier molecular flexibility index (Phi) is 4.93. The van der Waals surface area contributed by atoms with Crippen LogP contribution < -0.4 is 16.3 Å². The number of aromatic nitrogens is 2. The summed E-state index contributed by atoms with van der Waals surface area (Å²) in [6.07, 6.45) is 4.01. The van der Waals surface area contributed by atoms with Crippen LogP contribution in [0.3, 0.4) is 0 Å². The first-order valence-electron chi connectivity index (χ1n) is 5.40. The topological polar surface area (TPSA) is 76.0 Å². The average Bonchev–Trinajstić information content (AvgIpc) is 2.30. The summed E-state index contributed by atoms with van der Waals surface area (Å²) >= 11 is 0. The van der Waals surface area contributed by atoms with Crippen LogP contribution in [0.5, 0.6) is 0 Å². The number of nitrogens with zero attached hydrogens (tertiary/aromatic N) is 2. The van der Waals surface area contributed by atoms with Gasteiger partial charge in [0.25, 0.3) is 0 Å². The van der Waals surface area contributed by atoms with Gasteiger partial charge in [0.1, 0.15) is 5.82 Å². The van der Waals surface area contributed by atoms with E-state index in [2.05, 4.69) is 22.2 Å². The summed E-state index contributed by atoms with van der Waals surface area (Å²) in [5.74, 6) is 0.240. The molecular weight excluding hydrogens is 220 g/mol. The fourth-order valence-electron chi connectivity index (χ4n) is 1.18. The van der Waals surface area contributed by atoms with Crippen LogP contribution in [0.25, 0.3) is 0 Å². The lowest BCUT2D eigenvalue weighted by Gasteiger charge is -2.06. The molecule has 0 saturated heterocycles. The Labute approximate surface area is 99.4 Å². The van der Waals surface area contributed by atoms with E-state index < -0.39 is 5.69 Å². The Morgan fingerprint density at radius 2 is 2.41 bits per heavy atom. The molecule has 6 heteroatoms. The van der Waals surface area contributed by atoms with E-state index in [9.17, 15) is 9.59 Å². The number of hydrogen-bond donors (Lipinski definition) is 2. The van der Waals surface area contributed by atoms with Gasteiger partial charge in [-0.2, -0.15) is 4.98 Å². The highest BCUT2D eigenvalue weighted by molar-refractivity contribution is 5.87. The summed E-state index contributed by atoms with van der Waals surface area (Å²) in [5.41, 5.74) is -0.418. The molecule has 92 valence electrons. The molecule has 6 nitrogen and oxygen atoms in total. The lowest BCUT2D eigenvalue weighted by atomic mass is 10.5. The van der Waals surface area contributed by atoms with Gasteiger partial charge in [0.15, 0.2) is 0 Å². The largest absolute Gasteiger partial charge is 0.349 e. The van der Waals surface area contributed by atoms with E-state index in [1.165, 1.54) is 4.57 Å². The number of carbonyl (C=O) groups is 1. The maximum Gasteiger partial charge on any atom is 0.349 e. The standard InChI is InChI=1S/C11H16N4O2/c1-3-6-12-10(16)13-9-5-8-15(7-4-2)11(17)14-9/h4-5,8H,2-3,6-7H2,1H3,(H2,12,13,14,16,17). The molecule has 0 bridgehead atoms. The van der Waals surface area contributed by atoms with Crippen molar-refractivity contribution in [1.29, 1.82) is 0 Å². The number of nitrogens with one attached hydrogen (secondary N) is 2. The summed E-state index contributed by atoms with van der Waals surface area (Å²) in [4.78, 5) is 26.5. The Morgan fingerprint density at radius 1 is 1.65 bits per heavy atom. The first-order valence-corrected chi connectivity index (χ1v) is 5.40. The zero-order chi connectivity index (χ0) is 12.7. The quantitative estimate of drug-likeness (QED) is 0.748. The van der Waals surface area contributed by atoms with E-state index >= 15 is 0 Å². The van der Waals surface area contributed by atoms with Crippen LogP contribution >= 0.6 is 0 Å². The minimum absolute atomic E-state index is 0.240. The molecule has 17 heavy (non-hydrogen) atoms. The third kappa shape index (κ3) is 4.10. The van der Waals surface area contributed by atoms with Gasteiger partial charge in [-0.15, -0.1) is 6.58 Å². The van der Waals surface area contributed by atoms with Crippen LogP contribution in [-0.2, 0) is 6.54 Å². The van der Waals surface area contributed by atoms with Crippen LogP contribution in [-0.4, -0.2) is 22.1 Å². The van der Waals surface area contributed by atoms with Gasteiger partial charge in [-0.1, -0.05) is 13.0 Å². The number of hydrogen-bond acceptors (Lipinski definition) is 3. The number of rotatable bonds is 5. The van der Waals surface area contributed by atoms with Crippen molar-refractivity contribution < 1.29 is 4.79 Å². The number of allylic oxidation sites excluding steroid dienone is 1. The second kappa shape index (κ2) is 6.47. The summed E-state index contributed by atoms with van der Waals surface area (Å²) in [5, 5.41) is 5.11. The molecule has 0 fully saturated rings. The van der Waals surface area contributed by atoms with Crippen LogP contribution in [0.1, 0.15) is 13.3 Å². The predicted octanol–water partition coefficient (Wildman–Crippen LogP) is 0.961. The van der Waals surface area contributed by atoms with Gasteiger partial charge in [-0.05, 0) is 12.5 Å². The predicted molar refractivity (Wildman–Crippen MR) is 66.0 cm³/mol. The van der Waals surface area contributed by atoms with Gasteiger partial charge < -0.3 is 5.32 Å². The highest BCUT2D eigenvalue weighted by Crippen LogP contribution is 1.97. The van der Waals surface area contributed by atoms with Crippen LogP contribution in [0.4, 0.5) is 10.6 Å². The molecule has 0 atom stereocenters. The van der Waals surface area contributed by atoms with E-state index in [4.69, 9.17) is 0 Å². The average molecular weight is 236 g/mol. The summed E-state index contributed by atoms with van der Waals surface area (Å²) in [6, 6.07) is 1.20. The maximum absolute atomic E-state index is 11.5. The van der Waals surface area contributed by atoms with Crippen molar-refractivity contribution in [2.75, 3.05) is 11.9 Å². The molecule has 0 aliphatic rings. The number of carbonyl (C=O) groups excluding carboxylic acids is 1. The van der Waals surface area contributed by atoms with Gasteiger partial charge >= 0.3 is 11.7 Å². The van der Waals surface area contributed by atoms with Crippen LogP contribution in [0.2, 0.25) is 0 Å². The molecule has 0 spiro atoms. The Bertz CT molecular complexity index is 453. The van der Waals surface area contributed by atoms with Crippen molar-refractivity contribution >= 4 is 11.8 Å². The van der Waals surface area contributed by atoms with E-state index in [-0.39, 0.29) is 11.8 Å². The smallest absolute Gasteiger partial charge is 0.338 e. The van der Waals surface area contributed by atoms with Gasteiger partial charge in [-0.25, -0.2) is 9.59 Å². The van der Waals surface area contributed by atoms with Gasteiger partial charge in [-0.3, -0.25) is 9.88 Å². The fraction of sp³-hybridized carbons (Fsp3) is 0.364. The summed E-state index contributed by atoms with van der Waals surface area (Å²) in [7, 11) is 0. The minimum Gasteiger partial charge on any atom is -0.338 e. The third-order valence-electron chi connectivity index (χ3n) is 1.98. The van der Waals surface area contributed by atoms with E-state index in [1.807, 2.05) is 6.92 Å². The molecule has 0 unspecified atom stereocenters. The Balaban J connectivity index is 2.67. The molecule has 0 aliphatic heterocycles. The first kappa shape index (κ1) is 13.0. The molecule has 1 heterocycles. The van der Waals surface area contributed by atoms with E-state index in [0.717, 1.165) is 6.42 Å². The number of anilines is 1. The lowest BCUT2D eigenvalue weighted by Crippen LogP contribution is -2.31. The fourth-order valence-corrected chi connectivity index (χ4v) is 1.18. The number of urea groups is 1. The molecule has 1 rings (SSSR count). The summed E-state index contributed by atoms with van der Waals surface area (Å²) in [6.45, 7) is 6.47. The minimum atomic E-state index is -0.418. The van der Waals surface area contributed by atoms with Crippen molar-refractivity contribution in [2.45, 2.75) is 19.9 Å². The second-order valence-corrected chi connectivity index (χ2v) is 3.42. The van der Waals surface area contributed by atoms with Crippen molar-refractivity contribution in [3.05, 3.63) is 35.4 Å². The molecular formula is C11H16N4O2. The van der Waals surface area contributed by atoms with E-state index in [0.29, 0.717) is 13.1 Å². The van der Waals surface area contributed by atoms with Crippen molar-refractivity contribution in [3.8, 4) is 0 Å². The van der Waals surface area contributed by atoms with E-state index in [1.54, 1.807) is 18.3 Å². The monoisotopic (exact) mass is 236 g/mol. The normalized spacial score (nSPS) is 9.71. The highest BCUT2D eigenvalue weighted by Gasteiger charge is 2.03. The van der Waals surface area contributed by atoms with Gasteiger partial charge in [0, 0.05) is 19.3 Å². The lowest BCUT2D eigenvalue weighted by molar-refractivity contribution is 0.252. The van der Waals surface area contributed by atoms with Crippen LogP contribution in [0, 0.1) is 0 Å². The molecule has 2 amide bonds. The van der Waals surface area contributed by atoms with Gasteiger partial charge in [0.05, 0.1) is 0 Å². The molecule has 0 saturated carbocycles. The Hall–Kier alpha value is -2.11. The zero-order valence-electron chi connectivity index (χ0n) is 9.77. The maximum atomic E-state index is 11.5. The SMILES string of the molecule is C=CCn1ccc(NC(=O)NCCC)nc1=O. The molecule has 0 aliphatic carbocycles. The van der Waals surface area contributed by atoms with Gasteiger partial charge in [0.2, 0.25) is 0 Å². The van der Waals surface area contributed by atoms with Crippen molar-refractivity contribution in [2.24, 2.45) is 0 Å². The van der Waals surface area contributed by atoms with Crippen molar-refractivity contribution in [3.63, 3.8) is 0 Å². The molecule has 1 aromatic heterocycles. The summed E-state index contributed by atoms with van der Waals surface area (Å²) < 4.78 is 1.39. The first-order chi connectivity index (χ1) is 8.17. The van der Waals surface area contributed by atoms with Crippen molar-refractivity contribution in [1.82, 2.24) is 14.9 Å². The second-order valence-electron chi connectivity index (χ2n) is 3.42. The molecule has 0 aromatic carbocycles. The molecule has 2 N–H and O–H groups in total. The van der Waals surface area contributed by atoms with Crippen LogP contribution in [0.15, 0.2) is 29.7 Å².